The van der Waals surface area contributed by atoms with Gasteiger partial charge in [0.25, 0.3) is 0 Å². The molecule has 2 aromatic carbocycles. The summed E-state index contributed by atoms with van der Waals surface area (Å²) < 4.78 is 19.5. The van der Waals surface area contributed by atoms with Crippen LogP contribution in [-0.2, 0) is 0 Å². The zero-order valence-electron chi connectivity index (χ0n) is 13.5. The predicted octanol–water partition coefficient (Wildman–Crippen LogP) is 5.37. The molecule has 0 unspecified atom stereocenters. The average molecular weight is 477 g/mol. The smallest absolute Gasteiger partial charge is 0.124 e. The Morgan fingerprint density at radius 3 is 2.50 bits per heavy atom. The zero-order chi connectivity index (χ0) is 17.9. The molecule has 0 spiro atoms. The maximum atomic E-state index is 12.2. The highest BCUT2D eigenvalue weighted by atomic mass is 127. The van der Waals surface area contributed by atoms with E-state index in [9.17, 15) is 4.39 Å². The van der Waals surface area contributed by atoms with Gasteiger partial charge in [-0.1, -0.05) is 24.3 Å². The van der Waals surface area contributed by atoms with Crippen LogP contribution in [0.1, 0.15) is 0 Å². The third-order valence-electron chi connectivity index (χ3n) is 3.77. The Morgan fingerprint density at radius 2 is 1.77 bits per heavy atom. The molecule has 0 aliphatic rings. The fourth-order valence-corrected chi connectivity index (χ4v) is 3.82. The van der Waals surface area contributed by atoms with Gasteiger partial charge in [-0.3, -0.25) is 0 Å². The third-order valence-corrected chi connectivity index (χ3v) is 5.41. The maximum absolute atomic E-state index is 12.2. The van der Waals surface area contributed by atoms with Gasteiger partial charge in [-0.05, 0) is 52.9 Å². The van der Waals surface area contributed by atoms with Crippen molar-refractivity contribution in [2.24, 2.45) is 0 Å². The first-order chi connectivity index (χ1) is 12.7. The lowest BCUT2D eigenvalue weighted by molar-refractivity contribution is 0.273. The van der Waals surface area contributed by atoms with Crippen LogP contribution in [0.15, 0.2) is 54.6 Å². The molecule has 4 aromatic rings. The number of rotatable bonds is 5. The Kier molecular flexibility index (Phi) is 5.07. The van der Waals surface area contributed by atoms with Gasteiger partial charge in [0, 0.05) is 11.1 Å². The molecule has 0 radical (unpaired) electrons. The van der Waals surface area contributed by atoms with Crippen molar-refractivity contribution < 1.29 is 9.13 Å². The molecule has 0 atom stereocenters. The summed E-state index contributed by atoms with van der Waals surface area (Å²) in [7, 11) is 0. The number of fused-ring (bicyclic) bond motifs is 1. The zero-order valence-corrected chi connectivity index (χ0v) is 16.5. The highest BCUT2D eigenvalue weighted by molar-refractivity contribution is 14.1. The van der Waals surface area contributed by atoms with Gasteiger partial charge in [0.15, 0.2) is 0 Å². The highest BCUT2D eigenvalue weighted by Crippen LogP contribution is 2.33. The maximum Gasteiger partial charge on any atom is 0.124 e. The van der Waals surface area contributed by atoms with Crippen molar-refractivity contribution in [2.75, 3.05) is 13.3 Å². The molecule has 4 rings (SSSR count). The summed E-state index contributed by atoms with van der Waals surface area (Å²) in [6, 6.07) is 17.6. The summed E-state index contributed by atoms with van der Waals surface area (Å²) in [6.07, 6.45) is 0. The van der Waals surface area contributed by atoms with Gasteiger partial charge in [0.1, 0.15) is 27.7 Å². The topological polar surface area (TPSA) is 47.9 Å². The lowest BCUT2D eigenvalue weighted by Crippen LogP contribution is -1.97. The molecule has 0 aliphatic heterocycles. The average Bonchev–Trinajstić information content (AvgIpc) is 3.10. The molecular formula is C19H13FIN3OS. The number of nitrogens with zero attached hydrogens (tertiary/aromatic N) is 3. The molecule has 7 heteroatoms. The monoisotopic (exact) mass is 477 g/mol. The van der Waals surface area contributed by atoms with Gasteiger partial charge < -0.3 is 4.74 Å². The molecule has 0 amide bonds. The largest absolute Gasteiger partial charge is 0.491 e. The minimum absolute atomic E-state index is 0.0695. The molecule has 130 valence electrons. The van der Waals surface area contributed by atoms with Crippen molar-refractivity contribution in [3.8, 4) is 27.6 Å². The number of hydrogen-bond acceptors (Lipinski definition) is 5. The van der Waals surface area contributed by atoms with Crippen LogP contribution in [-0.4, -0.2) is 28.5 Å². The highest BCUT2D eigenvalue weighted by Gasteiger charge is 2.08. The predicted molar refractivity (Wildman–Crippen MR) is 110 cm³/mol. The molecule has 2 heterocycles. The first kappa shape index (κ1) is 17.3. The Morgan fingerprint density at radius 1 is 0.962 bits per heavy atom. The van der Waals surface area contributed by atoms with E-state index in [2.05, 4.69) is 37.8 Å². The van der Waals surface area contributed by atoms with Gasteiger partial charge in [-0.2, -0.15) is 0 Å². The normalized spacial score (nSPS) is 11.0. The minimum Gasteiger partial charge on any atom is -0.491 e. The quantitative estimate of drug-likeness (QED) is 0.363. The van der Waals surface area contributed by atoms with Gasteiger partial charge in [-0.15, -0.1) is 21.5 Å². The van der Waals surface area contributed by atoms with Crippen molar-refractivity contribution in [3.05, 3.63) is 58.3 Å². The SMILES string of the molecule is FCCOc1ccc2nc(-c3ccc(-c4ccc(I)nn4)cc3)sc2c1. The second kappa shape index (κ2) is 7.63. The summed E-state index contributed by atoms with van der Waals surface area (Å²) in [5.74, 6) is 0.665. The molecule has 2 aromatic heterocycles. The summed E-state index contributed by atoms with van der Waals surface area (Å²) in [6.45, 7) is -0.427. The molecular weight excluding hydrogens is 464 g/mol. The fourth-order valence-electron chi connectivity index (χ4n) is 2.53. The molecule has 4 nitrogen and oxygen atoms in total. The summed E-state index contributed by atoms with van der Waals surface area (Å²) >= 11 is 3.72. The minimum atomic E-state index is -0.497. The lowest BCUT2D eigenvalue weighted by Gasteiger charge is -2.01. The van der Waals surface area contributed by atoms with E-state index >= 15 is 0 Å². The molecule has 0 saturated carbocycles. The standard InChI is InChI=1S/C19H13FIN3OS/c20-9-10-25-14-5-6-16-17(11-14)26-19(22-16)13-3-1-12(2-4-13)15-7-8-18(21)24-23-15/h1-8,11H,9-10H2. The fraction of sp³-hybridized carbons (Fsp3) is 0.105. The van der Waals surface area contributed by atoms with Crippen LogP contribution in [0.25, 0.3) is 32.0 Å². The Labute approximate surface area is 167 Å². The number of benzene rings is 2. The molecule has 0 N–H and O–H groups in total. The Hall–Kier alpha value is -2.13. The van der Waals surface area contributed by atoms with Crippen molar-refractivity contribution in [1.29, 1.82) is 0 Å². The second-order valence-corrected chi connectivity index (χ2v) is 7.64. The lowest BCUT2D eigenvalue weighted by atomic mass is 10.1. The number of alkyl halides is 1. The van der Waals surface area contributed by atoms with Crippen LogP contribution in [0.5, 0.6) is 5.75 Å². The summed E-state index contributed by atoms with van der Waals surface area (Å²) in [5, 5.41) is 9.23. The number of aromatic nitrogens is 3. The van der Waals surface area contributed by atoms with E-state index in [4.69, 9.17) is 4.74 Å². The second-order valence-electron chi connectivity index (χ2n) is 5.50. The van der Waals surface area contributed by atoms with Crippen LogP contribution in [0, 0.1) is 3.70 Å². The Balaban J connectivity index is 1.61. The number of halogens is 2. The Bertz CT molecular complexity index is 1040. The van der Waals surface area contributed by atoms with Crippen LogP contribution in [0.2, 0.25) is 0 Å². The number of thiazole rings is 1. The van der Waals surface area contributed by atoms with E-state index in [1.807, 2.05) is 54.6 Å². The van der Waals surface area contributed by atoms with Crippen LogP contribution in [0.3, 0.4) is 0 Å². The van der Waals surface area contributed by atoms with Crippen molar-refractivity contribution in [1.82, 2.24) is 15.2 Å². The van der Waals surface area contributed by atoms with Gasteiger partial charge in [-0.25, -0.2) is 9.37 Å². The van der Waals surface area contributed by atoms with Crippen LogP contribution < -0.4 is 4.74 Å². The summed E-state index contributed by atoms with van der Waals surface area (Å²) in [5.41, 5.74) is 3.81. The summed E-state index contributed by atoms with van der Waals surface area (Å²) in [4.78, 5) is 4.68. The number of hydrogen-bond donors (Lipinski definition) is 0. The van der Waals surface area contributed by atoms with Gasteiger partial charge >= 0.3 is 0 Å². The van der Waals surface area contributed by atoms with Gasteiger partial charge in [0.05, 0.1) is 15.9 Å². The number of ether oxygens (including phenoxy) is 1. The van der Waals surface area contributed by atoms with E-state index in [1.54, 1.807) is 11.3 Å². The van der Waals surface area contributed by atoms with Crippen LogP contribution in [0.4, 0.5) is 4.39 Å². The molecule has 0 aliphatic carbocycles. The third kappa shape index (κ3) is 3.68. The van der Waals surface area contributed by atoms with Crippen LogP contribution >= 0.6 is 33.9 Å². The molecule has 26 heavy (non-hydrogen) atoms. The van der Waals surface area contributed by atoms with Crippen molar-refractivity contribution in [3.63, 3.8) is 0 Å². The first-order valence-corrected chi connectivity index (χ1v) is 9.82. The molecule has 0 bridgehead atoms. The molecule has 0 saturated heterocycles. The van der Waals surface area contributed by atoms with E-state index in [0.29, 0.717) is 5.75 Å². The van der Waals surface area contributed by atoms with Crippen molar-refractivity contribution >= 4 is 44.1 Å². The van der Waals surface area contributed by atoms with E-state index < -0.39 is 6.67 Å². The first-order valence-electron chi connectivity index (χ1n) is 7.92. The van der Waals surface area contributed by atoms with E-state index in [1.165, 1.54) is 0 Å². The van der Waals surface area contributed by atoms with Gasteiger partial charge in [0.2, 0.25) is 0 Å². The molecule has 0 fully saturated rings. The van der Waals surface area contributed by atoms with E-state index in [0.717, 1.165) is 35.7 Å². The van der Waals surface area contributed by atoms with Crippen molar-refractivity contribution in [2.45, 2.75) is 0 Å². The van der Waals surface area contributed by atoms with E-state index in [-0.39, 0.29) is 6.61 Å².